The molecule has 0 saturated heterocycles. The number of hydrogen-bond acceptors (Lipinski definition) is 9. The molecule has 684 valence electrons. The van der Waals surface area contributed by atoms with E-state index in [2.05, 4.69) is 405 Å². The lowest BCUT2D eigenvalue weighted by Gasteiger charge is -2.48. The van der Waals surface area contributed by atoms with Gasteiger partial charge in [-0.15, -0.1) is 0 Å². The first-order valence-electron chi connectivity index (χ1n) is 50.5. The molecule has 2 atom stereocenters. The summed E-state index contributed by atoms with van der Waals surface area (Å²) in [5.41, 5.74) is 41.2. The normalized spacial score (nSPS) is 20.1. The van der Waals surface area contributed by atoms with E-state index < -0.39 is 5.60 Å². The van der Waals surface area contributed by atoms with E-state index in [1.165, 1.54) is 116 Å². The maximum atomic E-state index is 8.20. The maximum Gasteiger partial charge on any atom is 0.297 e. The van der Waals surface area contributed by atoms with Gasteiger partial charge in [0.25, 0.3) is 13.4 Å². The van der Waals surface area contributed by atoms with Gasteiger partial charge in [0.15, 0.2) is 5.58 Å². The molecule has 0 saturated carbocycles. The van der Waals surface area contributed by atoms with E-state index in [1.807, 2.05) is 0 Å². The second-order valence-corrected chi connectivity index (χ2v) is 50.0. The largest absolute Gasteiger partial charge is 0.468 e. The lowest BCUT2D eigenvalue weighted by atomic mass is 9.35. The van der Waals surface area contributed by atoms with Gasteiger partial charge in [0, 0.05) is 83.4 Å². The lowest BCUT2D eigenvalue weighted by Crippen LogP contribution is -2.61. The van der Waals surface area contributed by atoms with Crippen molar-refractivity contribution in [3.8, 4) is 0 Å². The molecule has 0 bridgehead atoms. The highest BCUT2D eigenvalue weighted by atomic mass is 16.5. The zero-order valence-electron chi connectivity index (χ0n) is 84.6. The van der Waals surface area contributed by atoms with Gasteiger partial charge in [-0.05, 0) is 342 Å². The Morgan fingerprint density at radius 1 is 0.309 bits per heavy atom. The van der Waals surface area contributed by atoms with Gasteiger partial charge >= 0.3 is 0 Å². The number of nitrogens with zero attached hydrogens (tertiary/aromatic N) is 4. The Kier molecular flexibility index (Phi) is 17.6. The lowest BCUT2D eigenvalue weighted by molar-refractivity contribution is -0.0587. The molecule has 13 aromatic carbocycles. The van der Waals surface area contributed by atoms with E-state index >= 15 is 0 Å². The van der Waals surface area contributed by atoms with Crippen molar-refractivity contribution in [2.75, 3.05) is 26.2 Å². The van der Waals surface area contributed by atoms with Crippen LogP contribution in [-0.4, -0.2) is 20.0 Å². The number of ether oxygens (including phenoxy) is 1. The monoisotopic (exact) mass is 1790 g/mol. The molecule has 8 aliphatic rings. The first-order chi connectivity index (χ1) is 64.3. The number of aryl methyl sites for hydroxylation is 2. The van der Waals surface area contributed by atoms with Gasteiger partial charge in [0.05, 0.1) is 51.7 Å². The average molecular weight is 1790 g/mol. The van der Waals surface area contributed by atoms with Gasteiger partial charge in [-0.2, -0.15) is 0 Å². The van der Waals surface area contributed by atoms with Gasteiger partial charge in [-0.25, -0.2) is 0 Å². The van der Waals surface area contributed by atoms with Gasteiger partial charge < -0.3 is 42.0 Å². The van der Waals surface area contributed by atoms with E-state index in [-0.39, 0.29) is 67.6 Å². The fourth-order valence-corrected chi connectivity index (χ4v) is 26.5. The number of fused-ring (bicyclic) bond motifs is 23. The Bertz CT molecular complexity index is 8130. The Morgan fingerprint density at radius 2 is 0.750 bits per heavy atom. The number of furan rings is 4. The van der Waals surface area contributed by atoms with Crippen LogP contribution in [-0.2, 0) is 64.5 Å². The highest BCUT2D eigenvalue weighted by Crippen LogP contribution is 2.61. The van der Waals surface area contributed by atoms with Crippen LogP contribution >= 0.6 is 0 Å². The van der Waals surface area contributed by atoms with Crippen LogP contribution in [0.25, 0.3) is 76.6 Å². The van der Waals surface area contributed by atoms with Gasteiger partial charge in [-0.1, -0.05) is 242 Å². The summed E-state index contributed by atoms with van der Waals surface area (Å²) < 4.78 is 37.6. The van der Waals surface area contributed by atoms with Crippen LogP contribution in [0.4, 0.5) is 68.2 Å². The van der Waals surface area contributed by atoms with E-state index in [0.29, 0.717) is 6.61 Å². The van der Waals surface area contributed by atoms with Crippen molar-refractivity contribution in [2.24, 2.45) is 0 Å². The molecule has 0 radical (unpaired) electrons. The molecule has 11 heteroatoms. The van der Waals surface area contributed by atoms with Crippen LogP contribution in [0.2, 0.25) is 0 Å². The summed E-state index contributed by atoms with van der Waals surface area (Å²) in [7, 11) is 0. The summed E-state index contributed by atoms with van der Waals surface area (Å²) in [4.78, 5) is 10.5. The van der Waals surface area contributed by atoms with Crippen LogP contribution in [0.3, 0.4) is 0 Å². The minimum absolute atomic E-state index is 0.0398. The smallest absolute Gasteiger partial charge is 0.297 e. The summed E-state index contributed by atoms with van der Waals surface area (Å²) in [6.45, 7) is 60.2. The molecule has 0 spiro atoms. The molecule has 0 N–H and O–H groups in total. The average Bonchev–Trinajstić information content (AvgIpc) is 1.45. The molecule has 136 heavy (non-hydrogen) atoms. The molecule has 2 unspecified atom stereocenters. The minimum Gasteiger partial charge on any atom is -0.468 e. The van der Waals surface area contributed by atoms with E-state index in [9.17, 15) is 0 Å². The van der Waals surface area contributed by atoms with E-state index in [1.54, 1.807) is 0 Å². The molecular formula is C125H128B2N4O5. The van der Waals surface area contributed by atoms with Gasteiger partial charge in [0.1, 0.15) is 27.9 Å². The van der Waals surface area contributed by atoms with Gasteiger partial charge in [0.2, 0.25) is 0 Å². The van der Waals surface area contributed by atoms with Crippen molar-refractivity contribution >= 4 is 191 Å². The fourth-order valence-electron chi connectivity index (χ4n) is 26.5. The second kappa shape index (κ2) is 28.0. The standard InChI is InChI=1S/C125H128B2N4O5/c1-70-55-98-107-100(57-70)130(96-46-43-85(117(9,10)11)112-106(96)79-33-28-29-36-102(79)133-112)94-44-37-74(115(3,4)5)61-92(94)126(107)113-109(81-65-86-88(67-104(81)135-113)120(16,17)48-47-119(86,14)15)129(98)77-40-42-84-90(64-77)124(24,51-49-118(84,12)13)53-54-125(25)52-50-121(18,19)87-66-82-105(68-91(87)125)136-114-110(82)128(76-39-41-83-89(63-76)123(22,23)132-69-122(83,20)21)99-56-71(2)58-101-108(99)127(114)93-62-75(116(6,7)8)38-45-95(93)131(101)97-35-30-34-78-80-59-72-31-26-27-32-73(72)60-103(80)134-111(78)97/h26-46,55-68H,47-54,69H2,1-25H3. The fraction of sp³-hybridized carbons (Fsp3) is 0.360. The summed E-state index contributed by atoms with van der Waals surface area (Å²) >= 11 is 0. The second-order valence-electron chi connectivity index (χ2n) is 50.0. The van der Waals surface area contributed by atoms with Crippen LogP contribution in [0.1, 0.15) is 283 Å². The predicted molar refractivity (Wildman–Crippen MR) is 574 cm³/mol. The van der Waals surface area contributed by atoms with Crippen molar-refractivity contribution in [2.45, 2.75) is 284 Å². The summed E-state index contributed by atoms with van der Waals surface area (Å²) in [5, 5.41) is 9.14. The molecule has 3 aliphatic carbocycles. The van der Waals surface area contributed by atoms with Crippen molar-refractivity contribution < 1.29 is 22.4 Å². The number of hydrogen-bond donors (Lipinski definition) is 0. The molecule has 9 heterocycles. The van der Waals surface area contributed by atoms with Crippen molar-refractivity contribution in [1.29, 1.82) is 0 Å². The number of benzene rings is 13. The van der Waals surface area contributed by atoms with E-state index in [4.69, 9.17) is 22.4 Å². The Balaban J connectivity index is 0.665. The van der Waals surface area contributed by atoms with Crippen molar-refractivity contribution in [3.05, 3.63) is 285 Å². The first-order valence-corrected chi connectivity index (χ1v) is 50.5. The number of rotatable bonds is 7. The molecule has 5 aliphatic heterocycles. The maximum absolute atomic E-state index is 8.20. The molecule has 0 fully saturated rings. The highest BCUT2D eigenvalue weighted by Gasteiger charge is 2.54. The number of para-hydroxylation sites is 2. The Morgan fingerprint density at radius 3 is 1.30 bits per heavy atom. The summed E-state index contributed by atoms with van der Waals surface area (Å²) in [6.07, 6.45) is 8.45. The van der Waals surface area contributed by atoms with Crippen LogP contribution in [0.15, 0.2) is 230 Å². The topological polar surface area (TPSA) is 74.8 Å². The van der Waals surface area contributed by atoms with Crippen LogP contribution in [0, 0.1) is 13.8 Å². The molecule has 4 aromatic heterocycles. The summed E-state index contributed by atoms with van der Waals surface area (Å²) in [5.74, 6) is 0. The van der Waals surface area contributed by atoms with Crippen molar-refractivity contribution in [1.82, 2.24) is 0 Å². The molecule has 0 amide bonds. The van der Waals surface area contributed by atoms with E-state index in [0.717, 1.165) is 185 Å². The van der Waals surface area contributed by atoms with Gasteiger partial charge in [-0.3, -0.25) is 0 Å². The third kappa shape index (κ3) is 12.3. The Labute approximate surface area is 803 Å². The number of anilines is 12. The van der Waals surface area contributed by atoms with Crippen LogP contribution in [0.5, 0.6) is 0 Å². The first kappa shape index (κ1) is 85.7. The SMILES string of the molecule is Cc1cc2c3c(c1)N(c1cccc4c1oc1cc5ccccc5cc14)c1ccc(C(C)(C)C)cc1B3c1oc3cc4c(cc3c1N2c1ccc2c(c1)C(C)(C)OCC2(C)C)C(C)(C)CCC4(C)CCC1(C)CCC(C)(C)c2ccc(N3c4cc(C)cc5c4B(c4cc(C(C)(C)C)ccc4N5c4ccc(C(C)(C)C)c5oc6ccccc6c45)c4oc5cc6c(cc5c43)C(C)(C)CCC6(C)C)cc21. The quantitative estimate of drug-likeness (QED) is 0.145. The molecule has 9 nitrogen and oxygen atoms in total. The third-order valence-electron chi connectivity index (χ3n) is 34.9. The Hall–Kier alpha value is -11.9. The van der Waals surface area contributed by atoms with Crippen LogP contribution < -0.4 is 52.8 Å². The molecule has 17 aromatic rings. The summed E-state index contributed by atoms with van der Waals surface area (Å²) in [6, 6.07) is 83.3. The zero-order valence-corrected chi connectivity index (χ0v) is 84.6. The minimum atomic E-state index is -0.541. The highest BCUT2D eigenvalue weighted by molar-refractivity contribution is 7.00. The predicted octanol–water partition coefficient (Wildman–Crippen LogP) is 30.8. The van der Waals surface area contributed by atoms with Crippen molar-refractivity contribution in [3.63, 3.8) is 0 Å². The zero-order chi connectivity index (χ0) is 94.6. The molecule has 25 rings (SSSR count). The third-order valence-corrected chi connectivity index (χ3v) is 34.9. The molecular weight excluding hydrogens is 1660 g/mol.